The van der Waals surface area contributed by atoms with E-state index >= 15 is 0 Å². The smallest absolute Gasteiger partial charge is 0.274 e. The zero-order valence-electron chi connectivity index (χ0n) is 17.8. The van der Waals surface area contributed by atoms with Gasteiger partial charge in [0.05, 0.1) is 13.2 Å². The first-order valence-corrected chi connectivity index (χ1v) is 10.3. The van der Waals surface area contributed by atoms with E-state index in [9.17, 15) is 4.79 Å². The van der Waals surface area contributed by atoms with Crippen molar-refractivity contribution in [2.45, 2.75) is 13.5 Å². The van der Waals surface area contributed by atoms with Crippen LogP contribution in [0.3, 0.4) is 0 Å². The van der Waals surface area contributed by atoms with Gasteiger partial charge in [0.25, 0.3) is 5.91 Å². The minimum Gasteiger partial charge on any atom is -0.378 e. The molecule has 1 saturated heterocycles. The average Bonchev–Trinajstić information content (AvgIpc) is 2.81. The molecular formula is C23H26N6O2. The van der Waals surface area contributed by atoms with Crippen LogP contribution in [0.25, 0.3) is 0 Å². The van der Waals surface area contributed by atoms with Gasteiger partial charge in [-0.3, -0.25) is 9.78 Å². The lowest BCUT2D eigenvalue weighted by Crippen LogP contribution is -2.36. The molecule has 3 aromatic rings. The molecule has 160 valence electrons. The van der Waals surface area contributed by atoms with Crippen LogP contribution in [0.1, 0.15) is 21.6 Å². The van der Waals surface area contributed by atoms with Crippen molar-refractivity contribution in [1.29, 1.82) is 0 Å². The Kier molecular flexibility index (Phi) is 6.37. The van der Waals surface area contributed by atoms with E-state index < -0.39 is 0 Å². The lowest BCUT2D eigenvalue weighted by atomic mass is 10.1. The normalized spacial score (nSPS) is 13.7. The quantitative estimate of drug-likeness (QED) is 0.659. The third-order valence-electron chi connectivity index (χ3n) is 5.25. The number of pyridine rings is 1. The molecule has 1 aliphatic rings. The molecular weight excluding hydrogens is 392 g/mol. The predicted octanol–water partition coefficient (Wildman–Crippen LogP) is 2.91. The van der Waals surface area contributed by atoms with Gasteiger partial charge in [-0.25, -0.2) is 9.97 Å². The van der Waals surface area contributed by atoms with E-state index in [2.05, 4.69) is 31.2 Å². The van der Waals surface area contributed by atoms with Gasteiger partial charge in [-0.15, -0.1) is 0 Å². The average molecular weight is 419 g/mol. The summed E-state index contributed by atoms with van der Waals surface area (Å²) >= 11 is 0. The van der Waals surface area contributed by atoms with Crippen molar-refractivity contribution in [2.24, 2.45) is 0 Å². The molecule has 0 unspecified atom stereocenters. The van der Waals surface area contributed by atoms with Crippen molar-refractivity contribution < 1.29 is 9.53 Å². The Labute approximate surface area is 181 Å². The maximum atomic E-state index is 12.8. The molecule has 0 aliphatic carbocycles. The second-order valence-electron chi connectivity index (χ2n) is 7.53. The third-order valence-corrected chi connectivity index (χ3v) is 5.25. The van der Waals surface area contributed by atoms with E-state index in [1.54, 1.807) is 12.3 Å². The summed E-state index contributed by atoms with van der Waals surface area (Å²) in [5, 5.41) is 2.97. The van der Waals surface area contributed by atoms with Crippen LogP contribution in [-0.4, -0.2) is 54.2 Å². The first-order chi connectivity index (χ1) is 15.1. The van der Waals surface area contributed by atoms with Crippen molar-refractivity contribution >= 4 is 23.1 Å². The van der Waals surface area contributed by atoms with Crippen LogP contribution in [0.2, 0.25) is 0 Å². The van der Waals surface area contributed by atoms with Crippen molar-refractivity contribution in [3.63, 3.8) is 0 Å². The standard InChI is InChI=1S/C23H26N6O2/c1-17-12-19(29-8-10-31-11-9-29)5-6-20(17)27-23(30)21-13-22(26-16-25-21)28(2)15-18-4-3-7-24-14-18/h3-7,12-14,16H,8-11,15H2,1-2H3,(H,27,30). The zero-order valence-corrected chi connectivity index (χ0v) is 17.8. The number of aryl methyl sites for hydroxylation is 1. The summed E-state index contributed by atoms with van der Waals surface area (Å²) in [7, 11) is 1.92. The SMILES string of the molecule is Cc1cc(N2CCOCC2)ccc1NC(=O)c1cc(N(C)Cc2cccnc2)ncn1. The summed E-state index contributed by atoms with van der Waals surface area (Å²) in [6, 6.07) is 11.7. The largest absolute Gasteiger partial charge is 0.378 e. The second-order valence-corrected chi connectivity index (χ2v) is 7.53. The number of nitrogens with one attached hydrogen (secondary N) is 1. The molecule has 8 nitrogen and oxygen atoms in total. The highest BCUT2D eigenvalue weighted by Crippen LogP contribution is 2.24. The molecule has 0 bridgehead atoms. The van der Waals surface area contributed by atoms with Gasteiger partial charge in [0.15, 0.2) is 0 Å². The molecule has 1 amide bonds. The maximum Gasteiger partial charge on any atom is 0.274 e. The van der Waals surface area contributed by atoms with Crippen molar-refractivity contribution in [3.8, 4) is 0 Å². The summed E-state index contributed by atoms with van der Waals surface area (Å²) < 4.78 is 5.42. The number of nitrogens with zero attached hydrogens (tertiary/aromatic N) is 5. The number of hydrogen-bond acceptors (Lipinski definition) is 7. The zero-order chi connectivity index (χ0) is 21.6. The van der Waals surface area contributed by atoms with Crippen LogP contribution in [0, 0.1) is 6.92 Å². The van der Waals surface area contributed by atoms with E-state index in [1.807, 2.05) is 49.3 Å². The molecule has 0 atom stereocenters. The van der Waals surface area contributed by atoms with Crippen LogP contribution >= 0.6 is 0 Å². The number of ether oxygens (including phenoxy) is 1. The number of rotatable bonds is 6. The molecule has 1 N–H and O–H groups in total. The highest BCUT2D eigenvalue weighted by molar-refractivity contribution is 6.03. The Hall–Kier alpha value is -3.52. The first-order valence-electron chi connectivity index (χ1n) is 10.3. The Balaban J connectivity index is 1.44. The maximum absolute atomic E-state index is 12.8. The fraction of sp³-hybridized carbons (Fsp3) is 0.304. The number of anilines is 3. The molecule has 0 radical (unpaired) electrons. The van der Waals surface area contributed by atoms with Gasteiger partial charge in [-0.05, 0) is 42.3 Å². The Morgan fingerprint density at radius 1 is 1.19 bits per heavy atom. The van der Waals surface area contributed by atoms with Crippen LogP contribution in [-0.2, 0) is 11.3 Å². The Morgan fingerprint density at radius 3 is 2.77 bits per heavy atom. The molecule has 1 aliphatic heterocycles. The van der Waals surface area contributed by atoms with Crippen LogP contribution in [0.5, 0.6) is 0 Å². The van der Waals surface area contributed by atoms with Crippen LogP contribution in [0.4, 0.5) is 17.2 Å². The van der Waals surface area contributed by atoms with Gasteiger partial charge in [0, 0.05) is 56.5 Å². The van der Waals surface area contributed by atoms with Crippen LogP contribution in [0.15, 0.2) is 55.1 Å². The highest BCUT2D eigenvalue weighted by atomic mass is 16.5. The fourth-order valence-electron chi connectivity index (χ4n) is 3.52. The van der Waals surface area contributed by atoms with Crippen molar-refractivity contribution in [3.05, 3.63) is 71.9 Å². The molecule has 1 aromatic carbocycles. The summed E-state index contributed by atoms with van der Waals surface area (Å²) in [6.45, 7) is 5.86. The van der Waals surface area contributed by atoms with Gasteiger partial charge in [-0.1, -0.05) is 6.07 Å². The van der Waals surface area contributed by atoms with Gasteiger partial charge >= 0.3 is 0 Å². The van der Waals surface area contributed by atoms with Crippen molar-refractivity contribution in [2.75, 3.05) is 48.5 Å². The van der Waals surface area contributed by atoms with Gasteiger partial charge in [-0.2, -0.15) is 0 Å². The molecule has 8 heteroatoms. The lowest BCUT2D eigenvalue weighted by Gasteiger charge is -2.29. The molecule has 0 saturated carbocycles. The third kappa shape index (κ3) is 5.16. The van der Waals surface area contributed by atoms with E-state index in [-0.39, 0.29) is 5.91 Å². The lowest BCUT2D eigenvalue weighted by molar-refractivity contribution is 0.102. The predicted molar refractivity (Wildman–Crippen MR) is 121 cm³/mol. The number of morpholine rings is 1. The van der Waals surface area contributed by atoms with E-state index in [0.717, 1.165) is 48.8 Å². The first kappa shape index (κ1) is 20.7. The number of aromatic nitrogens is 3. The molecule has 1 fully saturated rings. The summed E-state index contributed by atoms with van der Waals surface area (Å²) in [4.78, 5) is 29.7. The second kappa shape index (κ2) is 9.53. The minimum atomic E-state index is -0.263. The monoisotopic (exact) mass is 418 g/mol. The van der Waals surface area contributed by atoms with Gasteiger partial charge < -0.3 is 19.9 Å². The number of amides is 1. The van der Waals surface area contributed by atoms with E-state index in [1.165, 1.54) is 6.33 Å². The molecule has 31 heavy (non-hydrogen) atoms. The van der Waals surface area contributed by atoms with Crippen LogP contribution < -0.4 is 15.1 Å². The fourth-order valence-corrected chi connectivity index (χ4v) is 3.52. The highest BCUT2D eigenvalue weighted by Gasteiger charge is 2.15. The Morgan fingerprint density at radius 2 is 2.03 bits per heavy atom. The van der Waals surface area contributed by atoms with Crippen molar-refractivity contribution in [1.82, 2.24) is 15.0 Å². The number of hydrogen-bond donors (Lipinski definition) is 1. The molecule has 0 spiro atoms. The van der Waals surface area contributed by atoms with Gasteiger partial charge in [0.1, 0.15) is 17.8 Å². The topological polar surface area (TPSA) is 83.5 Å². The van der Waals surface area contributed by atoms with Gasteiger partial charge in [0.2, 0.25) is 0 Å². The minimum absolute atomic E-state index is 0.263. The number of carbonyl (C=O) groups is 1. The number of carbonyl (C=O) groups excluding carboxylic acids is 1. The van der Waals surface area contributed by atoms with E-state index in [0.29, 0.717) is 18.1 Å². The molecule has 2 aromatic heterocycles. The Bertz CT molecular complexity index is 1040. The van der Waals surface area contributed by atoms with E-state index in [4.69, 9.17) is 4.74 Å². The summed E-state index contributed by atoms with van der Waals surface area (Å²) in [5.41, 5.74) is 4.29. The molecule has 4 rings (SSSR count). The summed E-state index contributed by atoms with van der Waals surface area (Å²) in [6.07, 6.45) is 4.97. The number of benzene rings is 1. The molecule has 3 heterocycles. The summed E-state index contributed by atoms with van der Waals surface area (Å²) in [5.74, 6) is 0.407.